The Hall–Kier alpha value is -1.66. The number of carbonyl (C=O) groups excluding carboxylic acids is 2. The van der Waals surface area contributed by atoms with Crippen molar-refractivity contribution in [1.82, 2.24) is 15.1 Å². The fourth-order valence-electron chi connectivity index (χ4n) is 4.38. The highest BCUT2D eigenvalue weighted by Crippen LogP contribution is 2.27. The van der Waals surface area contributed by atoms with Gasteiger partial charge >= 0.3 is 0 Å². The summed E-state index contributed by atoms with van der Waals surface area (Å²) >= 11 is 5.82. The monoisotopic (exact) mass is 423 g/mol. The zero-order valence-corrected chi connectivity index (χ0v) is 18.1. The van der Waals surface area contributed by atoms with Crippen molar-refractivity contribution in [1.29, 1.82) is 0 Å². The first-order chi connectivity index (χ1) is 13.7. The van der Waals surface area contributed by atoms with E-state index < -0.39 is 5.82 Å². The van der Waals surface area contributed by atoms with Crippen molar-refractivity contribution in [2.24, 2.45) is 5.92 Å². The van der Waals surface area contributed by atoms with Crippen LogP contribution in [0.5, 0.6) is 0 Å². The molecule has 3 rings (SSSR count). The van der Waals surface area contributed by atoms with Gasteiger partial charge < -0.3 is 10.2 Å². The third-order valence-electron chi connectivity index (χ3n) is 6.19. The van der Waals surface area contributed by atoms with Gasteiger partial charge in [0.05, 0.1) is 6.54 Å². The van der Waals surface area contributed by atoms with Gasteiger partial charge in [0.25, 0.3) is 5.91 Å². The molecule has 0 aromatic heterocycles. The average molecular weight is 424 g/mol. The Balaban J connectivity index is 1.42. The van der Waals surface area contributed by atoms with Gasteiger partial charge in [-0.05, 0) is 83.2 Å². The first-order valence-electron chi connectivity index (χ1n) is 10.5. The van der Waals surface area contributed by atoms with E-state index in [4.69, 9.17) is 11.6 Å². The van der Waals surface area contributed by atoms with Crippen LogP contribution in [0.25, 0.3) is 0 Å². The molecule has 160 valence electrons. The first kappa shape index (κ1) is 22.0. The fraction of sp³-hybridized carbons (Fsp3) is 0.636. The van der Waals surface area contributed by atoms with E-state index >= 15 is 0 Å². The zero-order chi connectivity index (χ0) is 21.0. The lowest BCUT2D eigenvalue weighted by molar-refractivity contribution is -0.140. The Bertz CT molecular complexity index is 727. The predicted molar refractivity (Wildman–Crippen MR) is 113 cm³/mol. The van der Waals surface area contributed by atoms with Crippen LogP contribution >= 0.6 is 11.6 Å². The van der Waals surface area contributed by atoms with Gasteiger partial charge in [-0.3, -0.25) is 14.5 Å². The molecular formula is C22H31ClFN3O2. The summed E-state index contributed by atoms with van der Waals surface area (Å²) in [7, 11) is 0. The number of benzene rings is 1. The van der Waals surface area contributed by atoms with E-state index in [1.807, 2.05) is 4.90 Å². The van der Waals surface area contributed by atoms with Crippen molar-refractivity contribution in [2.45, 2.75) is 51.5 Å². The maximum atomic E-state index is 13.4. The molecule has 1 aromatic carbocycles. The SMILES string of the molecule is CC1(C)CCCCN1C(=O)CN1CCC(CNC(=O)c2cc(F)cc(Cl)c2)CC1. The van der Waals surface area contributed by atoms with E-state index in [0.717, 1.165) is 45.3 Å². The molecule has 2 aliphatic rings. The maximum Gasteiger partial charge on any atom is 0.251 e. The van der Waals surface area contributed by atoms with Gasteiger partial charge in [-0.25, -0.2) is 4.39 Å². The van der Waals surface area contributed by atoms with E-state index in [0.29, 0.717) is 19.0 Å². The number of hydrogen-bond acceptors (Lipinski definition) is 3. The van der Waals surface area contributed by atoms with E-state index in [9.17, 15) is 14.0 Å². The number of nitrogens with zero attached hydrogens (tertiary/aromatic N) is 2. The van der Waals surface area contributed by atoms with Gasteiger partial charge in [-0.2, -0.15) is 0 Å². The van der Waals surface area contributed by atoms with Gasteiger partial charge in [0.1, 0.15) is 5.82 Å². The molecule has 0 radical (unpaired) electrons. The summed E-state index contributed by atoms with van der Waals surface area (Å²) in [4.78, 5) is 29.3. The van der Waals surface area contributed by atoms with Gasteiger partial charge in [-0.1, -0.05) is 11.6 Å². The molecule has 1 N–H and O–H groups in total. The molecule has 1 aromatic rings. The van der Waals surface area contributed by atoms with E-state index in [1.54, 1.807) is 0 Å². The number of likely N-dealkylation sites (tertiary alicyclic amines) is 2. The zero-order valence-electron chi connectivity index (χ0n) is 17.3. The Morgan fingerprint density at radius 1 is 1.17 bits per heavy atom. The van der Waals surface area contributed by atoms with Crippen LogP contribution in [0.3, 0.4) is 0 Å². The normalized spacial score (nSPS) is 20.5. The molecular weight excluding hydrogens is 393 g/mol. The van der Waals surface area contributed by atoms with Crippen LogP contribution < -0.4 is 5.32 Å². The Kier molecular flexibility index (Phi) is 7.17. The number of nitrogens with one attached hydrogen (secondary N) is 1. The highest BCUT2D eigenvalue weighted by Gasteiger charge is 2.34. The van der Waals surface area contributed by atoms with Crippen molar-refractivity contribution in [3.8, 4) is 0 Å². The van der Waals surface area contributed by atoms with Gasteiger partial charge in [0.2, 0.25) is 5.91 Å². The average Bonchev–Trinajstić information content (AvgIpc) is 2.66. The first-order valence-corrected chi connectivity index (χ1v) is 10.9. The van der Waals surface area contributed by atoms with Crippen molar-refractivity contribution in [2.75, 3.05) is 32.7 Å². The van der Waals surface area contributed by atoms with Crippen LogP contribution in [0.4, 0.5) is 4.39 Å². The Labute approximate surface area is 177 Å². The van der Waals surface area contributed by atoms with Crippen LogP contribution in [0.15, 0.2) is 18.2 Å². The molecule has 5 nitrogen and oxygen atoms in total. The van der Waals surface area contributed by atoms with E-state index in [2.05, 4.69) is 24.1 Å². The molecule has 0 atom stereocenters. The number of rotatable bonds is 5. The summed E-state index contributed by atoms with van der Waals surface area (Å²) in [5.41, 5.74) is 0.194. The van der Waals surface area contributed by atoms with Crippen molar-refractivity contribution in [3.05, 3.63) is 34.6 Å². The van der Waals surface area contributed by atoms with Crippen molar-refractivity contribution in [3.63, 3.8) is 0 Å². The second kappa shape index (κ2) is 9.43. The van der Waals surface area contributed by atoms with Gasteiger partial charge in [0.15, 0.2) is 0 Å². The number of carbonyl (C=O) groups is 2. The molecule has 29 heavy (non-hydrogen) atoms. The van der Waals surface area contributed by atoms with Crippen LogP contribution in [-0.2, 0) is 4.79 Å². The number of hydrogen-bond donors (Lipinski definition) is 1. The number of piperidine rings is 2. The minimum Gasteiger partial charge on any atom is -0.352 e. The summed E-state index contributed by atoms with van der Waals surface area (Å²) in [6.07, 6.45) is 5.21. The van der Waals surface area contributed by atoms with Crippen molar-refractivity contribution < 1.29 is 14.0 Å². The summed E-state index contributed by atoms with van der Waals surface area (Å²) in [5.74, 6) is -0.237. The highest BCUT2D eigenvalue weighted by molar-refractivity contribution is 6.31. The molecule has 2 fully saturated rings. The molecule has 2 heterocycles. The number of amides is 2. The third-order valence-corrected chi connectivity index (χ3v) is 6.41. The van der Waals surface area contributed by atoms with Crippen LogP contribution in [0.1, 0.15) is 56.3 Å². The standard InChI is InChI=1S/C22H31ClFN3O2/c1-22(2)7-3-4-8-27(22)20(28)15-26-9-5-16(6-10-26)14-25-21(29)17-11-18(23)13-19(24)12-17/h11-13,16H,3-10,14-15H2,1-2H3,(H,25,29). The molecule has 2 amide bonds. The number of halogens is 2. The van der Waals surface area contributed by atoms with Gasteiger partial charge in [0, 0.05) is 29.2 Å². The Morgan fingerprint density at radius 2 is 1.90 bits per heavy atom. The minimum absolute atomic E-state index is 0.0439. The predicted octanol–water partition coefficient (Wildman–Crippen LogP) is 3.71. The van der Waals surface area contributed by atoms with Crippen molar-refractivity contribution >= 4 is 23.4 Å². The quantitative estimate of drug-likeness (QED) is 0.785. The highest BCUT2D eigenvalue weighted by atomic mass is 35.5. The summed E-state index contributed by atoms with van der Waals surface area (Å²) in [6.45, 7) is 7.91. The van der Waals surface area contributed by atoms with Gasteiger partial charge in [-0.15, -0.1) is 0 Å². The Morgan fingerprint density at radius 3 is 2.55 bits per heavy atom. The molecule has 0 bridgehead atoms. The van der Waals surface area contributed by atoms with E-state index in [1.165, 1.54) is 24.6 Å². The molecule has 0 saturated carbocycles. The second-order valence-corrected chi connectivity index (χ2v) is 9.34. The fourth-order valence-corrected chi connectivity index (χ4v) is 4.60. The largest absolute Gasteiger partial charge is 0.352 e. The molecule has 0 aliphatic carbocycles. The summed E-state index contributed by atoms with van der Waals surface area (Å²) in [6, 6.07) is 3.84. The van der Waals surface area contributed by atoms with Crippen LogP contribution in [-0.4, -0.2) is 59.9 Å². The summed E-state index contributed by atoms with van der Waals surface area (Å²) < 4.78 is 13.4. The van der Waals surface area contributed by atoms with Crippen LogP contribution in [0.2, 0.25) is 5.02 Å². The summed E-state index contributed by atoms with van der Waals surface area (Å²) in [5, 5.41) is 3.10. The maximum absolute atomic E-state index is 13.4. The third kappa shape index (κ3) is 5.92. The van der Waals surface area contributed by atoms with Crippen LogP contribution in [0, 0.1) is 11.7 Å². The molecule has 2 aliphatic heterocycles. The lowest BCUT2D eigenvalue weighted by Crippen LogP contribution is -2.54. The molecule has 0 unspecified atom stereocenters. The minimum atomic E-state index is -0.516. The lowest BCUT2D eigenvalue weighted by Gasteiger charge is -2.43. The second-order valence-electron chi connectivity index (χ2n) is 8.90. The molecule has 7 heteroatoms. The topological polar surface area (TPSA) is 52.7 Å². The smallest absolute Gasteiger partial charge is 0.251 e. The van der Waals surface area contributed by atoms with E-state index in [-0.39, 0.29) is 27.9 Å². The molecule has 2 saturated heterocycles. The molecule has 0 spiro atoms. The lowest BCUT2D eigenvalue weighted by atomic mass is 9.90.